The highest BCUT2D eigenvalue weighted by Gasteiger charge is 2.21. The maximum atomic E-state index is 13.2. The van der Waals surface area contributed by atoms with Crippen molar-refractivity contribution in [1.82, 2.24) is 0 Å². The Morgan fingerprint density at radius 2 is 1.93 bits per heavy atom. The van der Waals surface area contributed by atoms with E-state index in [1.165, 1.54) is 0 Å². The van der Waals surface area contributed by atoms with Gasteiger partial charge in [0.25, 0.3) is 0 Å². The highest BCUT2D eigenvalue weighted by molar-refractivity contribution is 6.17. The molecule has 2 nitrogen and oxygen atoms in total. The molecule has 0 radical (unpaired) electrons. The average molecular weight is 237 g/mol. The van der Waals surface area contributed by atoms with E-state index in [9.17, 15) is 19.0 Å². The molecule has 0 saturated heterocycles. The van der Waals surface area contributed by atoms with E-state index in [0.717, 1.165) is 12.1 Å². The van der Waals surface area contributed by atoms with Crippen molar-refractivity contribution in [3.05, 3.63) is 35.4 Å². The van der Waals surface area contributed by atoms with Gasteiger partial charge in [-0.05, 0) is 12.5 Å². The molecule has 0 bridgehead atoms. The third-order valence-corrected chi connectivity index (χ3v) is 2.27. The van der Waals surface area contributed by atoms with Crippen LogP contribution in [0, 0.1) is 11.6 Å². The summed E-state index contributed by atoms with van der Waals surface area (Å²) in [4.78, 5) is 0. The molecule has 1 aromatic rings. The van der Waals surface area contributed by atoms with Crippen molar-refractivity contribution in [1.29, 1.82) is 0 Å². The molecule has 0 aliphatic heterocycles. The smallest absolute Gasteiger partial charge is 0.132 e. The lowest BCUT2D eigenvalue weighted by Gasteiger charge is -2.17. The molecule has 0 aliphatic carbocycles. The van der Waals surface area contributed by atoms with Crippen LogP contribution in [0.2, 0.25) is 0 Å². The first-order chi connectivity index (χ1) is 7.06. The van der Waals surface area contributed by atoms with Crippen LogP contribution < -0.4 is 0 Å². The fourth-order valence-corrected chi connectivity index (χ4v) is 1.44. The Morgan fingerprint density at radius 3 is 2.47 bits per heavy atom. The number of benzene rings is 1. The lowest BCUT2D eigenvalue weighted by atomic mass is 10.0. The molecule has 84 valence electrons. The molecule has 0 saturated carbocycles. The van der Waals surface area contributed by atoms with Gasteiger partial charge < -0.3 is 10.2 Å². The zero-order valence-corrected chi connectivity index (χ0v) is 8.59. The Bertz CT molecular complexity index is 333. The van der Waals surface area contributed by atoms with Crippen LogP contribution in [0.25, 0.3) is 0 Å². The van der Waals surface area contributed by atoms with Crippen molar-refractivity contribution in [3.8, 4) is 0 Å². The van der Waals surface area contributed by atoms with Crippen LogP contribution >= 0.6 is 11.6 Å². The number of alkyl halides is 1. The van der Waals surface area contributed by atoms with Crippen LogP contribution in [-0.4, -0.2) is 22.2 Å². The highest BCUT2D eigenvalue weighted by atomic mass is 35.5. The number of rotatable bonds is 4. The molecule has 0 aromatic heterocycles. The molecule has 0 amide bonds. The van der Waals surface area contributed by atoms with E-state index in [0.29, 0.717) is 6.07 Å². The van der Waals surface area contributed by atoms with Gasteiger partial charge in [0.15, 0.2) is 0 Å². The van der Waals surface area contributed by atoms with Crippen LogP contribution in [0.3, 0.4) is 0 Å². The zero-order chi connectivity index (χ0) is 11.4. The molecule has 2 unspecified atom stereocenters. The van der Waals surface area contributed by atoms with E-state index in [4.69, 9.17) is 11.6 Å². The largest absolute Gasteiger partial charge is 0.390 e. The minimum atomic E-state index is -1.38. The van der Waals surface area contributed by atoms with Gasteiger partial charge in [0.05, 0.1) is 6.10 Å². The topological polar surface area (TPSA) is 40.5 Å². The first kappa shape index (κ1) is 12.4. The molecule has 0 aliphatic rings. The van der Waals surface area contributed by atoms with E-state index in [1.54, 1.807) is 0 Å². The molecule has 0 spiro atoms. The Labute approximate surface area is 91.1 Å². The second kappa shape index (κ2) is 5.39. The van der Waals surface area contributed by atoms with E-state index in [2.05, 4.69) is 0 Å². The lowest BCUT2D eigenvalue weighted by molar-refractivity contribution is 0.0148. The molecule has 1 rings (SSSR count). The van der Waals surface area contributed by atoms with Gasteiger partial charge in [0, 0.05) is 17.5 Å². The molecule has 1 aromatic carbocycles. The van der Waals surface area contributed by atoms with E-state index < -0.39 is 23.8 Å². The minimum absolute atomic E-state index is 0.131. The molecule has 2 N–H and O–H groups in total. The first-order valence-corrected chi connectivity index (χ1v) is 4.96. The number of hydrogen-bond donors (Lipinski definition) is 2. The fraction of sp³-hybridized carbons (Fsp3) is 0.400. The zero-order valence-electron chi connectivity index (χ0n) is 7.83. The van der Waals surface area contributed by atoms with Crippen LogP contribution in [0.4, 0.5) is 8.78 Å². The van der Waals surface area contributed by atoms with Gasteiger partial charge in [0.2, 0.25) is 0 Å². The van der Waals surface area contributed by atoms with Crippen molar-refractivity contribution in [2.24, 2.45) is 0 Å². The molecule has 15 heavy (non-hydrogen) atoms. The monoisotopic (exact) mass is 236 g/mol. The van der Waals surface area contributed by atoms with E-state index in [1.807, 2.05) is 0 Å². The number of halogens is 3. The molecular weight excluding hydrogens is 226 g/mol. The van der Waals surface area contributed by atoms with Gasteiger partial charge in [-0.25, -0.2) is 8.78 Å². The Morgan fingerprint density at radius 1 is 1.27 bits per heavy atom. The molecular formula is C10H11ClF2O2. The molecule has 5 heteroatoms. The highest BCUT2D eigenvalue weighted by Crippen LogP contribution is 2.22. The Hall–Kier alpha value is -0.710. The summed E-state index contributed by atoms with van der Waals surface area (Å²) in [5.74, 6) is -1.45. The number of hydrogen-bond acceptors (Lipinski definition) is 2. The maximum absolute atomic E-state index is 13.2. The van der Waals surface area contributed by atoms with Gasteiger partial charge in [-0.3, -0.25) is 0 Å². The second-order valence-electron chi connectivity index (χ2n) is 3.16. The summed E-state index contributed by atoms with van der Waals surface area (Å²) in [5.41, 5.74) is -0.131. The van der Waals surface area contributed by atoms with Crippen LogP contribution in [-0.2, 0) is 0 Å². The van der Waals surface area contributed by atoms with Gasteiger partial charge in [0.1, 0.15) is 17.7 Å². The van der Waals surface area contributed by atoms with Crippen molar-refractivity contribution in [3.63, 3.8) is 0 Å². The van der Waals surface area contributed by atoms with Gasteiger partial charge in [-0.1, -0.05) is 6.07 Å². The predicted octanol–water partition coefficient (Wildman–Crippen LogP) is 1.99. The molecule has 0 heterocycles. The van der Waals surface area contributed by atoms with Gasteiger partial charge >= 0.3 is 0 Å². The van der Waals surface area contributed by atoms with Crippen molar-refractivity contribution >= 4 is 11.6 Å². The minimum Gasteiger partial charge on any atom is -0.390 e. The van der Waals surface area contributed by atoms with E-state index in [-0.39, 0.29) is 17.9 Å². The quantitative estimate of drug-likeness (QED) is 0.785. The maximum Gasteiger partial charge on any atom is 0.132 e. The normalized spacial score (nSPS) is 15.0. The summed E-state index contributed by atoms with van der Waals surface area (Å²) >= 11 is 5.37. The second-order valence-corrected chi connectivity index (χ2v) is 3.53. The predicted molar refractivity (Wildman–Crippen MR) is 52.7 cm³/mol. The fourth-order valence-electron chi connectivity index (χ4n) is 1.22. The van der Waals surface area contributed by atoms with Crippen molar-refractivity contribution in [2.75, 3.05) is 5.88 Å². The van der Waals surface area contributed by atoms with Crippen molar-refractivity contribution < 1.29 is 19.0 Å². The third-order valence-electron chi connectivity index (χ3n) is 2.05. The number of aliphatic hydroxyl groups excluding tert-OH is 2. The summed E-state index contributed by atoms with van der Waals surface area (Å²) in [6.07, 6.45) is -2.40. The first-order valence-electron chi connectivity index (χ1n) is 4.43. The van der Waals surface area contributed by atoms with Crippen LogP contribution in [0.1, 0.15) is 18.1 Å². The lowest BCUT2D eigenvalue weighted by Crippen LogP contribution is -2.19. The number of aliphatic hydroxyl groups is 2. The van der Waals surface area contributed by atoms with Crippen molar-refractivity contribution in [2.45, 2.75) is 18.6 Å². The van der Waals surface area contributed by atoms with Crippen LogP contribution in [0.15, 0.2) is 18.2 Å². The average Bonchev–Trinajstić information content (AvgIpc) is 2.17. The van der Waals surface area contributed by atoms with Crippen LogP contribution in [0.5, 0.6) is 0 Å². The molecule has 0 fully saturated rings. The van der Waals surface area contributed by atoms with Gasteiger partial charge in [-0.2, -0.15) is 0 Å². The summed E-state index contributed by atoms with van der Waals surface area (Å²) in [7, 11) is 0. The Balaban J connectivity index is 2.86. The molecule has 2 atom stereocenters. The summed E-state index contributed by atoms with van der Waals surface area (Å²) < 4.78 is 25.7. The Kier molecular flexibility index (Phi) is 4.45. The standard InChI is InChI=1S/C10H11ClF2O2/c11-4-3-9(14)10(15)7-2-1-6(12)5-8(7)13/h1-2,5,9-10,14-15H,3-4H2. The SMILES string of the molecule is OC(CCCl)C(O)c1ccc(F)cc1F. The summed E-state index contributed by atoms with van der Waals surface area (Å²) in [5, 5.41) is 18.9. The summed E-state index contributed by atoms with van der Waals surface area (Å²) in [6, 6.07) is 2.79. The van der Waals surface area contributed by atoms with E-state index >= 15 is 0 Å². The third kappa shape index (κ3) is 3.12. The van der Waals surface area contributed by atoms with Gasteiger partial charge in [-0.15, -0.1) is 11.6 Å². The summed E-state index contributed by atoms with van der Waals surface area (Å²) in [6.45, 7) is 0.